The number of ether oxygens (including phenoxy) is 2. The van der Waals surface area contributed by atoms with Crippen molar-refractivity contribution < 1.29 is 23.6 Å². The van der Waals surface area contributed by atoms with E-state index < -0.39 is 32.2 Å². The number of hydrogen-bond acceptors (Lipinski definition) is 7. The molecule has 0 radical (unpaired) electrons. The molecule has 0 saturated carbocycles. The Hall–Kier alpha value is -4.55. The van der Waals surface area contributed by atoms with Crippen LogP contribution in [0.2, 0.25) is 0 Å². The Morgan fingerprint density at radius 3 is 1.80 bits per heavy atom. The minimum absolute atomic E-state index is 0.109. The molecule has 1 fully saturated rings. The predicted octanol–water partition coefficient (Wildman–Crippen LogP) is 7.50. The summed E-state index contributed by atoms with van der Waals surface area (Å²) in [6, 6.07) is 36.7. The summed E-state index contributed by atoms with van der Waals surface area (Å²) in [4.78, 5) is 25.7. The van der Waals surface area contributed by atoms with Crippen LogP contribution in [0.15, 0.2) is 115 Å². The molecule has 44 heavy (non-hydrogen) atoms. The van der Waals surface area contributed by atoms with Crippen molar-refractivity contribution in [1.29, 1.82) is 0 Å². The van der Waals surface area contributed by atoms with Gasteiger partial charge in [-0.3, -0.25) is 9.34 Å². The van der Waals surface area contributed by atoms with E-state index in [0.29, 0.717) is 5.75 Å². The predicted molar refractivity (Wildman–Crippen MR) is 175 cm³/mol. The summed E-state index contributed by atoms with van der Waals surface area (Å²) in [7, 11) is -1.17. The van der Waals surface area contributed by atoms with Crippen molar-refractivity contribution >= 4 is 31.9 Å². The monoisotopic (exact) mass is 611 g/mol. The van der Waals surface area contributed by atoms with Crippen molar-refractivity contribution in [1.82, 2.24) is 5.32 Å². The molecule has 4 aromatic carbocycles. The molecule has 1 atom stereocenters. The first-order valence-corrected chi connectivity index (χ1v) is 15.8. The molecule has 0 aliphatic carbocycles. The van der Waals surface area contributed by atoms with Crippen LogP contribution in [0.5, 0.6) is 5.75 Å². The van der Waals surface area contributed by atoms with Gasteiger partial charge in [-0.25, -0.2) is 9.59 Å². The average molecular weight is 612 g/mol. The summed E-state index contributed by atoms with van der Waals surface area (Å²) in [6.45, 7) is 7.11. The number of nitrogens with one attached hydrogen (secondary N) is 1. The summed E-state index contributed by atoms with van der Waals surface area (Å²) in [5.74, 6) is 0.179. The average Bonchev–Trinajstić information content (AvgIpc) is 3.44. The molecule has 228 valence electrons. The smallest absolute Gasteiger partial charge is 0.408 e. The summed E-state index contributed by atoms with van der Waals surface area (Å²) < 4.78 is 22.3. The van der Waals surface area contributed by atoms with Crippen LogP contribution < -0.4 is 19.2 Å². The van der Waals surface area contributed by atoms with Crippen molar-refractivity contribution in [3.8, 4) is 5.75 Å². The molecule has 1 N–H and O–H groups in total. The quantitative estimate of drug-likeness (QED) is 0.147. The second-order valence-electron chi connectivity index (χ2n) is 11.4. The highest BCUT2D eigenvalue weighted by Crippen LogP contribution is 2.53. The van der Waals surface area contributed by atoms with Crippen LogP contribution in [-0.2, 0) is 27.3 Å². The third-order valence-corrected chi connectivity index (χ3v) is 8.86. The summed E-state index contributed by atoms with van der Waals surface area (Å²) in [5.41, 5.74) is 3.22. The molecule has 0 bridgehead atoms. The molecule has 1 aliphatic rings. The van der Waals surface area contributed by atoms with Crippen molar-refractivity contribution in [2.24, 2.45) is 0 Å². The van der Waals surface area contributed by atoms with Gasteiger partial charge in [-0.15, -0.1) is 0 Å². The maximum atomic E-state index is 13.1. The van der Waals surface area contributed by atoms with Crippen LogP contribution >= 0.6 is 8.45 Å². The number of amides is 1. The summed E-state index contributed by atoms with van der Waals surface area (Å²) in [5, 5.41) is 2.70. The first kappa shape index (κ1) is 30.9. The van der Waals surface area contributed by atoms with Crippen LogP contribution in [0.3, 0.4) is 0 Å². The normalized spacial score (nSPS) is 14.2. The number of nitrogens with zero attached hydrogens (tertiary/aromatic N) is 2. The van der Waals surface area contributed by atoms with Gasteiger partial charge in [-0.05, 0) is 68.3 Å². The lowest BCUT2D eigenvalue weighted by atomic mass is 10.1. The molecule has 8 nitrogen and oxygen atoms in total. The Morgan fingerprint density at radius 2 is 1.27 bits per heavy atom. The fraction of sp³-hybridized carbons (Fsp3) is 0.257. The second-order valence-corrected chi connectivity index (χ2v) is 13.1. The summed E-state index contributed by atoms with van der Waals surface area (Å²) >= 11 is 0. The van der Waals surface area contributed by atoms with Gasteiger partial charge in [0.15, 0.2) is 0 Å². The van der Waals surface area contributed by atoms with Gasteiger partial charge in [-0.2, -0.15) is 0 Å². The van der Waals surface area contributed by atoms with Crippen LogP contribution in [0, 0.1) is 0 Å². The zero-order valence-corrected chi connectivity index (χ0v) is 26.2. The van der Waals surface area contributed by atoms with Crippen molar-refractivity contribution in [2.75, 3.05) is 22.4 Å². The number of rotatable bonds is 10. The van der Waals surface area contributed by atoms with Crippen molar-refractivity contribution in [2.45, 2.75) is 45.4 Å². The third kappa shape index (κ3) is 8.51. The largest absolute Gasteiger partial charge is 0.459 e. The maximum Gasteiger partial charge on any atom is 0.408 e. The van der Waals surface area contributed by atoms with Gasteiger partial charge in [0, 0.05) is 30.9 Å². The maximum absolute atomic E-state index is 13.1. The lowest BCUT2D eigenvalue weighted by molar-refractivity contribution is -0.147. The Balaban J connectivity index is 1.30. The van der Waals surface area contributed by atoms with Gasteiger partial charge in [0.2, 0.25) is 0 Å². The van der Waals surface area contributed by atoms with Crippen molar-refractivity contribution in [3.05, 3.63) is 126 Å². The zero-order valence-electron chi connectivity index (χ0n) is 25.3. The third-order valence-electron chi connectivity index (χ3n) is 6.79. The number of hydrogen-bond donors (Lipinski definition) is 1. The number of esters is 1. The molecule has 0 spiro atoms. The van der Waals surface area contributed by atoms with E-state index in [4.69, 9.17) is 14.0 Å². The Kier molecular flexibility index (Phi) is 10.0. The number of para-hydroxylation sites is 2. The van der Waals surface area contributed by atoms with Crippen LogP contribution in [0.4, 0.5) is 16.2 Å². The zero-order chi connectivity index (χ0) is 30.9. The van der Waals surface area contributed by atoms with E-state index in [9.17, 15) is 9.59 Å². The van der Waals surface area contributed by atoms with E-state index in [0.717, 1.165) is 35.6 Å². The van der Waals surface area contributed by atoms with E-state index in [2.05, 4.69) is 38.9 Å². The standard InChI is InChI=1S/C35H38N3O5P/c1-35(2,3)42-34(40)36-32(33(39)41-26-28-13-7-4-8-14-28)25-27-19-21-31(22-20-27)43-44-37(29-15-9-5-10-16-29)23-24-38(44)30-17-11-6-12-18-30/h4-22,32H,23-26H2,1-3H3,(H,36,40). The molecule has 1 heterocycles. The molecular weight excluding hydrogens is 573 g/mol. The fourth-order valence-electron chi connectivity index (χ4n) is 4.73. The van der Waals surface area contributed by atoms with Gasteiger partial charge >= 0.3 is 20.5 Å². The van der Waals surface area contributed by atoms with E-state index in [1.807, 2.05) is 91.0 Å². The molecule has 1 aliphatic heterocycles. The highest BCUT2D eigenvalue weighted by molar-refractivity contribution is 7.57. The molecule has 4 aromatic rings. The van der Waals surface area contributed by atoms with Crippen LogP contribution in [0.25, 0.3) is 0 Å². The molecule has 5 rings (SSSR count). The molecule has 0 aromatic heterocycles. The minimum Gasteiger partial charge on any atom is -0.459 e. The van der Waals surface area contributed by atoms with E-state index in [1.54, 1.807) is 20.8 Å². The minimum atomic E-state index is -1.17. The van der Waals surface area contributed by atoms with E-state index >= 15 is 0 Å². The Morgan fingerprint density at radius 1 is 0.750 bits per heavy atom. The number of carbonyl (C=O) groups excluding carboxylic acids is 2. The number of benzene rings is 4. The number of alkyl carbamates (subject to hydrolysis) is 1. The number of anilines is 2. The van der Waals surface area contributed by atoms with Crippen molar-refractivity contribution in [3.63, 3.8) is 0 Å². The Labute approximate surface area is 260 Å². The first-order valence-electron chi connectivity index (χ1n) is 14.7. The second kappa shape index (κ2) is 14.3. The van der Waals surface area contributed by atoms with Crippen LogP contribution in [0.1, 0.15) is 31.9 Å². The molecule has 9 heteroatoms. The molecule has 1 saturated heterocycles. The Bertz CT molecular complexity index is 1450. The topological polar surface area (TPSA) is 80.3 Å². The van der Waals surface area contributed by atoms with Gasteiger partial charge in [0.1, 0.15) is 24.0 Å². The van der Waals surface area contributed by atoms with Gasteiger partial charge < -0.3 is 19.3 Å². The lowest BCUT2D eigenvalue weighted by Gasteiger charge is -2.30. The highest BCUT2D eigenvalue weighted by atomic mass is 31.2. The fourth-order valence-corrected chi connectivity index (χ4v) is 6.69. The highest BCUT2D eigenvalue weighted by Gasteiger charge is 2.36. The lowest BCUT2D eigenvalue weighted by Crippen LogP contribution is -2.45. The molecular formula is C35H38N3O5P. The van der Waals surface area contributed by atoms with E-state index in [-0.39, 0.29) is 13.0 Å². The van der Waals surface area contributed by atoms with Gasteiger partial charge in [0.05, 0.1) is 0 Å². The van der Waals surface area contributed by atoms with Crippen LogP contribution in [-0.4, -0.2) is 36.8 Å². The van der Waals surface area contributed by atoms with Gasteiger partial charge in [-0.1, -0.05) is 78.9 Å². The first-order chi connectivity index (χ1) is 21.2. The SMILES string of the molecule is CC(C)(C)OC(=O)NC(Cc1ccc(OP2N(c3ccccc3)CCN2c2ccccc2)cc1)C(=O)OCc1ccccc1. The summed E-state index contributed by atoms with van der Waals surface area (Å²) in [6.07, 6.45) is -0.445. The molecule has 1 unspecified atom stereocenters. The molecule has 1 amide bonds. The van der Waals surface area contributed by atoms with E-state index in [1.165, 1.54) is 0 Å². The number of carbonyl (C=O) groups is 2. The van der Waals surface area contributed by atoms with Gasteiger partial charge in [0.25, 0.3) is 0 Å².